The first kappa shape index (κ1) is 16.5. The molecule has 0 unspecified atom stereocenters. The highest BCUT2D eigenvalue weighted by Crippen LogP contribution is 2.61. The zero-order chi connectivity index (χ0) is 19.0. The normalized spacial score (nSPS) is 26.8. The van der Waals surface area contributed by atoms with Crippen molar-refractivity contribution in [3.8, 4) is 0 Å². The average molecular weight is 477 g/mol. The molecule has 0 spiro atoms. The number of nitrogens with zero attached hydrogens (tertiary/aromatic N) is 1. The van der Waals surface area contributed by atoms with Crippen LogP contribution in [0.25, 0.3) is 0 Å². The second-order valence-electron chi connectivity index (χ2n) is 7.73. The van der Waals surface area contributed by atoms with Gasteiger partial charge in [0.25, 0.3) is 0 Å². The fourth-order valence-electron chi connectivity index (χ4n) is 5.55. The van der Waals surface area contributed by atoms with E-state index in [0.29, 0.717) is 5.69 Å². The molecule has 4 aliphatic rings. The number of para-hydroxylation sites is 1. The maximum atomic E-state index is 13.6. The smallest absolute Gasteiger partial charge is 0.238 e. The Bertz CT molecular complexity index is 1060. The Balaban J connectivity index is 1.59. The quantitative estimate of drug-likeness (QED) is 0.377. The molecule has 2 amide bonds. The minimum absolute atomic E-state index is 0.0507. The first-order valence-electron chi connectivity index (χ1n) is 9.48. The molecule has 4 heteroatoms. The van der Waals surface area contributed by atoms with E-state index in [9.17, 15) is 9.59 Å². The Morgan fingerprint density at radius 2 is 1.00 bits per heavy atom. The van der Waals surface area contributed by atoms with Crippen LogP contribution in [0.5, 0.6) is 0 Å². The van der Waals surface area contributed by atoms with Crippen molar-refractivity contribution in [2.45, 2.75) is 11.8 Å². The molecule has 1 fully saturated rings. The standard InChI is InChI=1S/C24H16INO2/c25-17-11-5-6-12-18(17)26-23(27)21-19-13-7-1-2-8-14(13)20(22(21)24(26)28)16-10-4-3-9-15(16)19/h1-12,19-22H/t19?,20?,21-,22-/m0/s1. The highest BCUT2D eigenvalue weighted by molar-refractivity contribution is 14.1. The van der Waals surface area contributed by atoms with Gasteiger partial charge in [-0.3, -0.25) is 9.59 Å². The topological polar surface area (TPSA) is 37.4 Å². The lowest BCUT2D eigenvalue weighted by Crippen LogP contribution is -2.41. The predicted octanol–water partition coefficient (Wildman–Crippen LogP) is 4.69. The highest BCUT2D eigenvalue weighted by atomic mass is 127. The van der Waals surface area contributed by atoms with Gasteiger partial charge >= 0.3 is 0 Å². The van der Waals surface area contributed by atoms with Gasteiger partial charge in [0.2, 0.25) is 11.8 Å². The van der Waals surface area contributed by atoms with Crippen LogP contribution in [-0.2, 0) is 9.59 Å². The van der Waals surface area contributed by atoms with Crippen molar-refractivity contribution < 1.29 is 9.59 Å². The number of carbonyl (C=O) groups excluding carboxylic acids is 2. The van der Waals surface area contributed by atoms with Crippen molar-refractivity contribution in [3.05, 3.63) is 98.6 Å². The zero-order valence-electron chi connectivity index (χ0n) is 14.9. The highest BCUT2D eigenvalue weighted by Gasteiger charge is 2.61. The first-order chi connectivity index (χ1) is 13.7. The summed E-state index contributed by atoms with van der Waals surface area (Å²) in [6.07, 6.45) is 0. The van der Waals surface area contributed by atoms with Crippen LogP contribution in [0.4, 0.5) is 5.69 Å². The van der Waals surface area contributed by atoms with Crippen molar-refractivity contribution in [3.63, 3.8) is 0 Å². The van der Waals surface area contributed by atoms with Crippen LogP contribution in [0.1, 0.15) is 34.1 Å². The van der Waals surface area contributed by atoms with Crippen LogP contribution >= 0.6 is 22.6 Å². The van der Waals surface area contributed by atoms with Gasteiger partial charge in [-0.2, -0.15) is 0 Å². The fourth-order valence-corrected chi connectivity index (χ4v) is 6.18. The molecule has 1 heterocycles. The van der Waals surface area contributed by atoms with Crippen LogP contribution in [0, 0.1) is 15.4 Å². The summed E-state index contributed by atoms with van der Waals surface area (Å²) in [5.74, 6) is -0.858. The van der Waals surface area contributed by atoms with Crippen LogP contribution in [0.15, 0.2) is 72.8 Å². The molecule has 28 heavy (non-hydrogen) atoms. The lowest BCUT2D eigenvalue weighted by molar-refractivity contribution is -0.122. The molecule has 1 aliphatic heterocycles. The van der Waals surface area contributed by atoms with Gasteiger partial charge in [-0.1, -0.05) is 60.7 Å². The van der Waals surface area contributed by atoms with E-state index in [0.717, 1.165) is 3.57 Å². The van der Waals surface area contributed by atoms with Crippen molar-refractivity contribution in [1.82, 2.24) is 0 Å². The lowest BCUT2D eigenvalue weighted by atomic mass is 9.55. The molecule has 0 radical (unpaired) electrons. The fraction of sp³-hybridized carbons (Fsp3) is 0.167. The molecular weight excluding hydrogens is 461 g/mol. The van der Waals surface area contributed by atoms with Gasteiger partial charge in [-0.05, 0) is 57.0 Å². The molecule has 7 rings (SSSR count). The molecule has 3 aliphatic carbocycles. The van der Waals surface area contributed by atoms with E-state index < -0.39 is 0 Å². The molecule has 3 nitrogen and oxygen atoms in total. The van der Waals surface area contributed by atoms with Gasteiger partial charge in [0.05, 0.1) is 17.5 Å². The first-order valence-corrected chi connectivity index (χ1v) is 10.6. The number of anilines is 1. The van der Waals surface area contributed by atoms with Crippen LogP contribution in [-0.4, -0.2) is 11.8 Å². The molecule has 0 saturated carbocycles. The summed E-state index contributed by atoms with van der Waals surface area (Å²) >= 11 is 2.20. The number of hydrogen-bond donors (Lipinski definition) is 0. The Labute approximate surface area is 176 Å². The molecule has 0 aromatic heterocycles. The monoisotopic (exact) mass is 477 g/mol. The number of imide groups is 1. The van der Waals surface area contributed by atoms with Crippen LogP contribution < -0.4 is 4.90 Å². The van der Waals surface area contributed by atoms with Crippen LogP contribution in [0.3, 0.4) is 0 Å². The predicted molar refractivity (Wildman–Crippen MR) is 115 cm³/mol. The Morgan fingerprint density at radius 1 is 0.607 bits per heavy atom. The molecule has 2 bridgehead atoms. The van der Waals surface area contributed by atoms with Crippen molar-refractivity contribution in [1.29, 1.82) is 0 Å². The Morgan fingerprint density at radius 3 is 1.43 bits per heavy atom. The molecular formula is C24H16INO2. The van der Waals surface area contributed by atoms with Gasteiger partial charge in [0, 0.05) is 15.4 Å². The molecule has 136 valence electrons. The van der Waals surface area contributed by atoms with E-state index in [1.54, 1.807) is 0 Å². The number of amides is 2. The van der Waals surface area contributed by atoms with E-state index in [1.165, 1.54) is 27.2 Å². The van der Waals surface area contributed by atoms with E-state index in [4.69, 9.17) is 0 Å². The lowest BCUT2D eigenvalue weighted by Gasteiger charge is -2.45. The molecule has 0 N–H and O–H groups in total. The van der Waals surface area contributed by atoms with Crippen molar-refractivity contribution in [2.75, 3.05) is 4.90 Å². The SMILES string of the molecule is O=C1[C@H]2C3c4ccccc4C(c4ccccc43)[C@@H]2C(=O)N1c1ccccc1I. The van der Waals surface area contributed by atoms with Gasteiger partial charge < -0.3 is 0 Å². The third-order valence-electron chi connectivity index (χ3n) is 6.54. The van der Waals surface area contributed by atoms with Crippen molar-refractivity contribution >= 4 is 40.1 Å². The molecule has 3 aromatic carbocycles. The van der Waals surface area contributed by atoms with Gasteiger partial charge in [0.15, 0.2) is 0 Å². The van der Waals surface area contributed by atoms with E-state index in [-0.39, 0.29) is 35.5 Å². The third-order valence-corrected chi connectivity index (χ3v) is 7.45. The Kier molecular flexibility index (Phi) is 3.39. The summed E-state index contributed by atoms with van der Waals surface area (Å²) in [7, 11) is 0. The van der Waals surface area contributed by atoms with E-state index in [2.05, 4.69) is 46.9 Å². The number of halogens is 1. The summed E-state index contributed by atoms with van der Waals surface area (Å²) in [4.78, 5) is 28.7. The van der Waals surface area contributed by atoms with Gasteiger partial charge in [-0.25, -0.2) is 4.90 Å². The minimum atomic E-state index is -0.321. The van der Waals surface area contributed by atoms with Crippen molar-refractivity contribution in [2.24, 2.45) is 11.8 Å². The van der Waals surface area contributed by atoms with Gasteiger partial charge in [-0.15, -0.1) is 0 Å². The summed E-state index contributed by atoms with van der Waals surface area (Å²) in [6.45, 7) is 0. The summed E-state index contributed by atoms with van der Waals surface area (Å²) < 4.78 is 0.919. The number of hydrogen-bond acceptors (Lipinski definition) is 2. The minimum Gasteiger partial charge on any atom is -0.274 e. The number of carbonyl (C=O) groups is 2. The number of benzene rings is 3. The second kappa shape index (κ2) is 5.77. The molecule has 3 aromatic rings. The zero-order valence-corrected chi connectivity index (χ0v) is 17.0. The van der Waals surface area contributed by atoms with E-state index >= 15 is 0 Å². The summed E-state index contributed by atoms with van der Waals surface area (Å²) in [6, 6.07) is 24.3. The van der Waals surface area contributed by atoms with E-state index in [1.807, 2.05) is 48.5 Å². The number of rotatable bonds is 1. The average Bonchev–Trinajstić information content (AvgIpc) is 2.99. The second-order valence-corrected chi connectivity index (χ2v) is 8.89. The molecule has 1 saturated heterocycles. The largest absolute Gasteiger partial charge is 0.274 e. The maximum absolute atomic E-state index is 13.6. The third kappa shape index (κ3) is 1.94. The van der Waals surface area contributed by atoms with Crippen LogP contribution in [0.2, 0.25) is 0 Å². The summed E-state index contributed by atoms with van der Waals surface area (Å²) in [5, 5.41) is 0. The Hall–Kier alpha value is -2.47. The maximum Gasteiger partial charge on any atom is 0.238 e. The van der Waals surface area contributed by atoms with Gasteiger partial charge in [0.1, 0.15) is 0 Å². The molecule has 2 atom stereocenters. The summed E-state index contributed by atoms with van der Waals surface area (Å²) in [5.41, 5.74) is 5.54.